The van der Waals surface area contributed by atoms with E-state index in [2.05, 4.69) is 5.32 Å². The van der Waals surface area contributed by atoms with E-state index in [1.54, 1.807) is 17.9 Å². The van der Waals surface area contributed by atoms with E-state index >= 15 is 0 Å². The van der Waals surface area contributed by atoms with E-state index in [-0.39, 0.29) is 10.8 Å². The first kappa shape index (κ1) is 18.9. The second kappa shape index (κ2) is 7.21. The third-order valence-electron chi connectivity index (χ3n) is 4.74. The van der Waals surface area contributed by atoms with Crippen molar-refractivity contribution in [2.45, 2.75) is 37.6 Å². The number of aryl methyl sites for hydroxylation is 1. The molecule has 1 fully saturated rings. The summed E-state index contributed by atoms with van der Waals surface area (Å²) >= 11 is 0. The van der Waals surface area contributed by atoms with Gasteiger partial charge in [0.2, 0.25) is 10.0 Å². The molecule has 0 radical (unpaired) electrons. The zero-order valence-corrected chi connectivity index (χ0v) is 15.9. The normalized spacial score (nSPS) is 18.9. The van der Waals surface area contributed by atoms with Crippen LogP contribution in [0.15, 0.2) is 17.0 Å². The molecule has 0 aliphatic carbocycles. The molecular weight excluding hydrogens is 326 g/mol. The maximum absolute atomic E-state index is 12.9. The van der Waals surface area contributed by atoms with Gasteiger partial charge >= 0.3 is 0 Å². The van der Waals surface area contributed by atoms with Gasteiger partial charge in [-0.2, -0.15) is 0 Å². The average molecular weight is 353 g/mol. The largest absolute Gasteiger partial charge is 0.337 e. The lowest BCUT2D eigenvalue weighted by Crippen LogP contribution is -2.47. The van der Waals surface area contributed by atoms with Crippen molar-refractivity contribution < 1.29 is 13.2 Å². The van der Waals surface area contributed by atoms with Crippen LogP contribution in [0.1, 0.15) is 34.3 Å². The fourth-order valence-corrected chi connectivity index (χ4v) is 4.21. The van der Waals surface area contributed by atoms with Crippen LogP contribution in [0.4, 0.5) is 0 Å². The second-order valence-electron chi connectivity index (χ2n) is 6.58. The molecule has 24 heavy (non-hydrogen) atoms. The van der Waals surface area contributed by atoms with Crippen LogP contribution in [-0.4, -0.2) is 63.8 Å². The Kier molecular flexibility index (Phi) is 5.67. The molecule has 1 N–H and O–H groups in total. The molecule has 1 aliphatic rings. The summed E-state index contributed by atoms with van der Waals surface area (Å²) < 4.78 is 26.3. The van der Waals surface area contributed by atoms with Crippen molar-refractivity contribution in [1.82, 2.24) is 14.5 Å². The molecule has 1 atom stereocenters. The van der Waals surface area contributed by atoms with Gasteiger partial charge in [-0.15, -0.1) is 0 Å². The standard InChI is InChI=1S/C17H27N3O3S/c1-12-9-14(10-16(13(12)2)24(22,23)19(4)5)17(21)20-8-6-7-15(11-20)18-3/h9-10,15,18H,6-8,11H2,1-5H3. The molecule has 6 nitrogen and oxygen atoms in total. The van der Waals surface area contributed by atoms with Crippen LogP contribution in [0, 0.1) is 13.8 Å². The van der Waals surface area contributed by atoms with Crippen LogP contribution in [-0.2, 0) is 10.0 Å². The topological polar surface area (TPSA) is 69.7 Å². The zero-order valence-electron chi connectivity index (χ0n) is 15.1. The molecule has 0 saturated carbocycles. The summed E-state index contributed by atoms with van der Waals surface area (Å²) in [5.41, 5.74) is 1.94. The molecule has 1 aromatic rings. The first-order valence-electron chi connectivity index (χ1n) is 8.18. The number of carbonyl (C=O) groups is 1. The van der Waals surface area contributed by atoms with Crippen molar-refractivity contribution >= 4 is 15.9 Å². The number of benzene rings is 1. The van der Waals surface area contributed by atoms with Crippen molar-refractivity contribution in [3.63, 3.8) is 0 Å². The predicted molar refractivity (Wildman–Crippen MR) is 94.8 cm³/mol. The third kappa shape index (κ3) is 3.63. The van der Waals surface area contributed by atoms with E-state index in [0.29, 0.717) is 30.3 Å². The van der Waals surface area contributed by atoms with Crippen LogP contribution in [0.25, 0.3) is 0 Å². The number of piperidine rings is 1. The van der Waals surface area contributed by atoms with Gasteiger partial charge in [0.05, 0.1) is 4.90 Å². The smallest absolute Gasteiger partial charge is 0.253 e. The Balaban J connectivity index is 2.41. The minimum Gasteiger partial charge on any atom is -0.337 e. The molecule has 7 heteroatoms. The first-order chi connectivity index (χ1) is 11.2. The fourth-order valence-electron chi connectivity index (χ4n) is 2.99. The maximum Gasteiger partial charge on any atom is 0.253 e. The fraction of sp³-hybridized carbons (Fsp3) is 0.588. The number of nitrogens with one attached hydrogen (secondary N) is 1. The summed E-state index contributed by atoms with van der Waals surface area (Å²) in [5, 5.41) is 3.21. The Labute approximate surface area is 144 Å². The quantitative estimate of drug-likeness (QED) is 0.888. The Bertz CT molecular complexity index is 729. The van der Waals surface area contributed by atoms with Crippen LogP contribution in [0.2, 0.25) is 0 Å². The highest BCUT2D eigenvalue weighted by Gasteiger charge is 2.27. The summed E-state index contributed by atoms with van der Waals surface area (Å²) in [6, 6.07) is 3.59. The molecule has 134 valence electrons. The highest BCUT2D eigenvalue weighted by atomic mass is 32.2. The third-order valence-corrected chi connectivity index (χ3v) is 6.68. The zero-order chi connectivity index (χ0) is 18.1. The van der Waals surface area contributed by atoms with Gasteiger partial charge in [0.1, 0.15) is 0 Å². The SMILES string of the molecule is CNC1CCCN(C(=O)c2cc(C)c(C)c(S(=O)(=O)N(C)C)c2)C1. The van der Waals surface area contributed by atoms with E-state index in [4.69, 9.17) is 0 Å². The van der Waals surface area contributed by atoms with Gasteiger partial charge in [0.25, 0.3) is 5.91 Å². The maximum atomic E-state index is 12.9. The number of carbonyl (C=O) groups excluding carboxylic acids is 1. The minimum atomic E-state index is -3.58. The van der Waals surface area contributed by atoms with Crippen LogP contribution >= 0.6 is 0 Å². The molecule has 2 rings (SSSR count). The van der Waals surface area contributed by atoms with Gasteiger partial charge < -0.3 is 10.2 Å². The molecular formula is C17H27N3O3S. The molecule has 0 aromatic heterocycles. The Morgan fingerprint density at radius 3 is 2.54 bits per heavy atom. The van der Waals surface area contributed by atoms with Crippen molar-refractivity contribution in [2.24, 2.45) is 0 Å². The number of hydrogen-bond acceptors (Lipinski definition) is 4. The van der Waals surface area contributed by atoms with Crippen molar-refractivity contribution in [3.05, 3.63) is 28.8 Å². The molecule has 1 aromatic carbocycles. The highest BCUT2D eigenvalue weighted by Crippen LogP contribution is 2.24. The van der Waals surface area contributed by atoms with Gasteiger partial charge in [-0.05, 0) is 57.0 Å². The molecule has 1 heterocycles. The summed E-state index contributed by atoms with van der Waals surface area (Å²) in [6.07, 6.45) is 2.00. The predicted octanol–water partition coefficient (Wildman–Crippen LogP) is 1.38. The van der Waals surface area contributed by atoms with Crippen molar-refractivity contribution in [1.29, 1.82) is 0 Å². The first-order valence-corrected chi connectivity index (χ1v) is 9.62. The second-order valence-corrected chi connectivity index (χ2v) is 8.70. The lowest BCUT2D eigenvalue weighted by Gasteiger charge is -2.33. The minimum absolute atomic E-state index is 0.103. The Morgan fingerprint density at radius 1 is 1.29 bits per heavy atom. The van der Waals surface area contributed by atoms with E-state index in [0.717, 1.165) is 18.4 Å². The van der Waals surface area contributed by atoms with E-state index in [1.807, 2.05) is 14.0 Å². The number of sulfonamides is 1. The number of likely N-dealkylation sites (N-methyl/N-ethyl adjacent to an activating group) is 1. The van der Waals surface area contributed by atoms with E-state index in [9.17, 15) is 13.2 Å². The molecule has 1 aliphatic heterocycles. The van der Waals surface area contributed by atoms with Gasteiger partial charge in [-0.3, -0.25) is 4.79 Å². The summed E-state index contributed by atoms with van der Waals surface area (Å²) in [6.45, 7) is 4.98. The molecule has 1 amide bonds. The van der Waals surface area contributed by atoms with Gasteiger partial charge in [-0.25, -0.2) is 12.7 Å². The van der Waals surface area contributed by atoms with Crippen molar-refractivity contribution in [2.75, 3.05) is 34.2 Å². The average Bonchev–Trinajstić information content (AvgIpc) is 2.56. The molecule has 0 spiro atoms. The lowest BCUT2D eigenvalue weighted by atomic mass is 10.0. The van der Waals surface area contributed by atoms with Gasteiger partial charge in [0, 0.05) is 38.8 Å². The van der Waals surface area contributed by atoms with Gasteiger partial charge in [-0.1, -0.05) is 0 Å². The van der Waals surface area contributed by atoms with Crippen LogP contribution in [0.3, 0.4) is 0 Å². The van der Waals surface area contributed by atoms with E-state index in [1.165, 1.54) is 24.5 Å². The number of likely N-dealkylation sites (tertiary alicyclic amines) is 1. The van der Waals surface area contributed by atoms with Crippen LogP contribution in [0.5, 0.6) is 0 Å². The number of hydrogen-bond donors (Lipinski definition) is 1. The van der Waals surface area contributed by atoms with Gasteiger partial charge in [0.15, 0.2) is 0 Å². The summed E-state index contributed by atoms with van der Waals surface area (Å²) in [7, 11) is 1.32. The lowest BCUT2D eigenvalue weighted by molar-refractivity contribution is 0.0698. The Morgan fingerprint density at radius 2 is 1.96 bits per heavy atom. The monoisotopic (exact) mass is 353 g/mol. The summed E-state index contributed by atoms with van der Waals surface area (Å²) in [5.74, 6) is -0.103. The number of amides is 1. The summed E-state index contributed by atoms with van der Waals surface area (Å²) in [4.78, 5) is 14.9. The van der Waals surface area contributed by atoms with E-state index < -0.39 is 10.0 Å². The molecule has 1 unspecified atom stereocenters. The highest BCUT2D eigenvalue weighted by molar-refractivity contribution is 7.89. The number of rotatable bonds is 4. The Hall–Kier alpha value is -1.44. The van der Waals surface area contributed by atoms with Crippen molar-refractivity contribution in [3.8, 4) is 0 Å². The van der Waals surface area contributed by atoms with Crippen LogP contribution < -0.4 is 5.32 Å². The number of nitrogens with zero attached hydrogens (tertiary/aromatic N) is 2. The molecule has 0 bridgehead atoms. The molecule has 1 saturated heterocycles.